The lowest BCUT2D eigenvalue weighted by Gasteiger charge is -2.19. The summed E-state index contributed by atoms with van der Waals surface area (Å²) in [6, 6.07) is 4.49. The quantitative estimate of drug-likeness (QED) is 0.831. The molecule has 1 aromatic rings. The Hall–Kier alpha value is -0.540. The van der Waals surface area contributed by atoms with Crippen molar-refractivity contribution in [3.8, 4) is 0 Å². The summed E-state index contributed by atoms with van der Waals surface area (Å²) in [5.41, 5.74) is 0.450. The molecule has 2 rings (SSSR count). The van der Waals surface area contributed by atoms with Crippen LogP contribution in [0.2, 0.25) is 5.02 Å². The summed E-state index contributed by atoms with van der Waals surface area (Å²) in [4.78, 5) is 12.0. The molecule has 1 fully saturated rings. The van der Waals surface area contributed by atoms with E-state index in [0.29, 0.717) is 10.6 Å². The van der Waals surface area contributed by atoms with E-state index in [1.165, 1.54) is 12.5 Å². The molecule has 1 aliphatic rings. The SMILES string of the molecule is O=C(Cc1ccc(Cl)cc1F)C1CCCCS1. The fourth-order valence-electron chi connectivity index (χ4n) is 1.96. The second-order valence-corrected chi connectivity index (χ2v) is 5.98. The lowest BCUT2D eigenvalue weighted by atomic mass is 10.0. The second kappa shape index (κ2) is 5.87. The molecular weight excluding hydrogens is 259 g/mol. The van der Waals surface area contributed by atoms with Gasteiger partial charge in [-0.3, -0.25) is 4.79 Å². The van der Waals surface area contributed by atoms with Gasteiger partial charge in [-0.25, -0.2) is 4.39 Å². The van der Waals surface area contributed by atoms with Crippen molar-refractivity contribution in [2.75, 3.05) is 5.75 Å². The number of carbonyl (C=O) groups is 1. The van der Waals surface area contributed by atoms with Crippen molar-refractivity contribution in [2.45, 2.75) is 30.9 Å². The molecule has 1 aromatic carbocycles. The van der Waals surface area contributed by atoms with Gasteiger partial charge >= 0.3 is 0 Å². The zero-order valence-electron chi connectivity index (χ0n) is 9.42. The first-order chi connectivity index (χ1) is 8.16. The normalized spacial score (nSPS) is 20.2. The Kier molecular flexibility index (Phi) is 4.46. The molecule has 0 N–H and O–H groups in total. The maximum absolute atomic E-state index is 13.5. The van der Waals surface area contributed by atoms with Crippen molar-refractivity contribution in [3.63, 3.8) is 0 Å². The molecule has 0 aromatic heterocycles. The molecule has 1 nitrogen and oxygen atoms in total. The van der Waals surface area contributed by atoms with E-state index in [9.17, 15) is 9.18 Å². The Morgan fingerprint density at radius 2 is 2.29 bits per heavy atom. The Bertz CT molecular complexity index is 416. The topological polar surface area (TPSA) is 17.1 Å². The molecular formula is C13H14ClFOS. The summed E-state index contributed by atoms with van der Waals surface area (Å²) in [5.74, 6) is 0.794. The maximum atomic E-state index is 13.5. The number of thioether (sulfide) groups is 1. The van der Waals surface area contributed by atoms with Crippen LogP contribution >= 0.6 is 23.4 Å². The van der Waals surface area contributed by atoms with E-state index in [1.54, 1.807) is 23.9 Å². The van der Waals surface area contributed by atoms with Gasteiger partial charge in [0.1, 0.15) is 11.6 Å². The first-order valence-electron chi connectivity index (χ1n) is 5.75. The highest BCUT2D eigenvalue weighted by Crippen LogP contribution is 2.27. The zero-order chi connectivity index (χ0) is 12.3. The molecule has 0 aliphatic carbocycles. The second-order valence-electron chi connectivity index (χ2n) is 4.23. The summed E-state index contributed by atoms with van der Waals surface area (Å²) in [6.45, 7) is 0. The number of hydrogen-bond donors (Lipinski definition) is 0. The number of Topliss-reactive ketones (excluding diaryl/α,β-unsaturated/α-hetero) is 1. The number of hydrogen-bond acceptors (Lipinski definition) is 2. The molecule has 1 heterocycles. The minimum atomic E-state index is -0.383. The first-order valence-corrected chi connectivity index (χ1v) is 7.18. The fraction of sp³-hybridized carbons (Fsp3) is 0.462. The highest BCUT2D eigenvalue weighted by atomic mass is 35.5. The minimum absolute atomic E-state index is 0.0545. The summed E-state index contributed by atoms with van der Waals surface area (Å²) in [5, 5.41) is 0.421. The van der Waals surface area contributed by atoms with Gasteiger partial charge in [0.25, 0.3) is 0 Å². The van der Waals surface area contributed by atoms with Gasteiger partial charge in [-0.15, -0.1) is 0 Å². The highest BCUT2D eigenvalue weighted by Gasteiger charge is 2.22. The van der Waals surface area contributed by atoms with Crippen molar-refractivity contribution >= 4 is 29.1 Å². The molecule has 1 aliphatic heterocycles. The van der Waals surface area contributed by atoms with Crippen molar-refractivity contribution in [1.82, 2.24) is 0 Å². The molecule has 0 amide bonds. The minimum Gasteiger partial charge on any atom is -0.298 e. The van der Waals surface area contributed by atoms with Gasteiger partial charge in [0.05, 0.1) is 5.25 Å². The van der Waals surface area contributed by atoms with Crippen LogP contribution < -0.4 is 0 Å². The molecule has 1 atom stereocenters. The van der Waals surface area contributed by atoms with Gasteiger partial charge in [-0.1, -0.05) is 24.1 Å². The van der Waals surface area contributed by atoms with Gasteiger partial charge in [0.2, 0.25) is 0 Å². The molecule has 4 heteroatoms. The monoisotopic (exact) mass is 272 g/mol. The van der Waals surface area contributed by atoms with Crippen LogP contribution in [0.15, 0.2) is 18.2 Å². The van der Waals surface area contributed by atoms with E-state index >= 15 is 0 Å². The molecule has 1 unspecified atom stereocenters. The van der Waals surface area contributed by atoms with Crippen molar-refractivity contribution in [1.29, 1.82) is 0 Å². The number of ketones is 1. The highest BCUT2D eigenvalue weighted by molar-refractivity contribution is 8.00. The van der Waals surface area contributed by atoms with Crippen LogP contribution in [0.4, 0.5) is 4.39 Å². The van der Waals surface area contributed by atoms with Crippen LogP contribution in [0, 0.1) is 5.82 Å². The lowest BCUT2D eigenvalue weighted by molar-refractivity contribution is -0.118. The smallest absolute Gasteiger partial charge is 0.150 e. The van der Waals surface area contributed by atoms with Gasteiger partial charge in [0, 0.05) is 11.4 Å². The summed E-state index contributed by atoms with van der Waals surface area (Å²) in [7, 11) is 0. The van der Waals surface area contributed by atoms with Crippen LogP contribution in [0.1, 0.15) is 24.8 Å². The standard InChI is InChI=1S/C13H14ClFOS/c14-10-5-4-9(11(15)8-10)7-12(16)13-3-1-2-6-17-13/h4-5,8,13H,1-3,6-7H2. The Morgan fingerprint density at radius 1 is 1.47 bits per heavy atom. The van der Waals surface area contributed by atoms with Crippen molar-refractivity contribution in [2.24, 2.45) is 0 Å². The van der Waals surface area contributed by atoms with E-state index in [1.807, 2.05) is 0 Å². The Labute approximate surface area is 110 Å². The van der Waals surface area contributed by atoms with Crippen LogP contribution in [-0.4, -0.2) is 16.8 Å². The van der Waals surface area contributed by atoms with E-state index in [4.69, 9.17) is 11.6 Å². The van der Waals surface area contributed by atoms with Crippen LogP contribution in [0.25, 0.3) is 0 Å². The van der Waals surface area contributed by atoms with E-state index in [2.05, 4.69) is 0 Å². The van der Waals surface area contributed by atoms with Crippen LogP contribution in [-0.2, 0) is 11.2 Å². The molecule has 0 radical (unpaired) electrons. The van der Waals surface area contributed by atoms with Gasteiger partial charge in [0.15, 0.2) is 0 Å². The predicted molar refractivity (Wildman–Crippen MR) is 70.2 cm³/mol. The lowest BCUT2D eigenvalue weighted by Crippen LogP contribution is -2.23. The molecule has 1 saturated heterocycles. The van der Waals surface area contributed by atoms with Crippen LogP contribution in [0.3, 0.4) is 0 Å². The summed E-state index contributed by atoms with van der Waals surface area (Å²) >= 11 is 7.37. The van der Waals surface area contributed by atoms with Gasteiger partial charge in [-0.05, 0) is 36.3 Å². The average molecular weight is 273 g/mol. The van der Waals surface area contributed by atoms with E-state index in [-0.39, 0.29) is 23.3 Å². The zero-order valence-corrected chi connectivity index (χ0v) is 11.0. The van der Waals surface area contributed by atoms with Gasteiger partial charge < -0.3 is 0 Å². The van der Waals surface area contributed by atoms with E-state index < -0.39 is 0 Å². The number of carbonyl (C=O) groups excluding carboxylic acids is 1. The largest absolute Gasteiger partial charge is 0.298 e. The molecule has 0 bridgehead atoms. The predicted octanol–water partition coefficient (Wildman–Crippen LogP) is 3.88. The molecule has 0 spiro atoms. The number of halogens is 2. The molecule has 0 saturated carbocycles. The Balaban J connectivity index is 2.02. The van der Waals surface area contributed by atoms with Crippen molar-refractivity contribution in [3.05, 3.63) is 34.6 Å². The van der Waals surface area contributed by atoms with Gasteiger partial charge in [-0.2, -0.15) is 11.8 Å². The summed E-state index contributed by atoms with van der Waals surface area (Å²) < 4.78 is 13.5. The first kappa shape index (κ1) is 12.9. The van der Waals surface area contributed by atoms with Crippen molar-refractivity contribution < 1.29 is 9.18 Å². The summed E-state index contributed by atoms with van der Waals surface area (Å²) in [6.07, 6.45) is 3.40. The third-order valence-corrected chi connectivity index (χ3v) is 4.58. The molecule has 17 heavy (non-hydrogen) atoms. The van der Waals surface area contributed by atoms with Crippen LogP contribution in [0.5, 0.6) is 0 Å². The fourth-order valence-corrected chi connectivity index (χ4v) is 3.38. The Morgan fingerprint density at radius 3 is 2.94 bits per heavy atom. The number of rotatable bonds is 3. The van der Waals surface area contributed by atoms with E-state index in [0.717, 1.165) is 18.6 Å². The molecule has 92 valence electrons. The third-order valence-electron chi connectivity index (χ3n) is 2.92. The maximum Gasteiger partial charge on any atom is 0.150 e. The average Bonchev–Trinajstić information content (AvgIpc) is 2.34. The third kappa shape index (κ3) is 3.46. The number of benzene rings is 1.